The van der Waals surface area contributed by atoms with Crippen molar-refractivity contribution >= 4 is 17.0 Å². The summed E-state index contributed by atoms with van der Waals surface area (Å²) in [6.07, 6.45) is 2.35. The normalized spacial score (nSPS) is 11.4. The average Bonchev–Trinajstić information content (AvgIpc) is 3.26. The Morgan fingerprint density at radius 1 is 0.975 bits per heavy atom. The molecule has 0 amide bonds. The molecule has 0 aliphatic rings. The van der Waals surface area contributed by atoms with Gasteiger partial charge in [-0.2, -0.15) is 9.97 Å². The number of imidazole rings is 1. The molecular formula is C30H41N7O3. The molecule has 0 fully saturated rings. The van der Waals surface area contributed by atoms with Crippen molar-refractivity contribution in [3.8, 4) is 11.8 Å². The molecule has 4 rings (SSSR count). The fourth-order valence-corrected chi connectivity index (χ4v) is 4.85. The number of hydrogen-bond donors (Lipinski definition) is 3. The molecule has 0 unspecified atom stereocenters. The first-order valence-electron chi connectivity index (χ1n) is 14.0. The van der Waals surface area contributed by atoms with E-state index in [1.165, 1.54) is 28.5 Å². The van der Waals surface area contributed by atoms with Crippen LogP contribution in [-0.2, 0) is 26.2 Å². The van der Waals surface area contributed by atoms with Crippen molar-refractivity contribution in [3.63, 3.8) is 0 Å². The number of benzene rings is 2. The number of hydrogen-bond acceptors (Lipinski definition) is 8. The first-order valence-corrected chi connectivity index (χ1v) is 14.0. The Labute approximate surface area is 235 Å². The lowest BCUT2D eigenvalue weighted by molar-refractivity contribution is 0.266. The number of rotatable bonds is 15. The molecule has 2 aromatic heterocycles. The fraction of sp³-hybridized carbons (Fsp3) is 0.433. The first-order chi connectivity index (χ1) is 19.4. The molecule has 214 valence electrons. The van der Waals surface area contributed by atoms with Crippen molar-refractivity contribution in [1.82, 2.24) is 29.7 Å². The molecule has 0 aliphatic heterocycles. The standard InChI is InChI=1S/C30H41N7O3/c1-5-14-36(15-6-2)19-22-10-8-21(9-11-22)17-32-18-23-12-13-24(25(16-23)39-4)20-37-28-26(33-30(37)38)27(31)34-29(35-28)40-7-3/h8-13,16,32H,5-7,14-15,17-20H2,1-4H3,(H,33,38)(H2,31,34,35). The molecule has 0 radical (unpaired) electrons. The maximum absolute atomic E-state index is 12.7. The molecule has 10 nitrogen and oxygen atoms in total. The Morgan fingerprint density at radius 3 is 2.33 bits per heavy atom. The van der Waals surface area contributed by atoms with Gasteiger partial charge >= 0.3 is 11.7 Å². The van der Waals surface area contributed by atoms with Crippen molar-refractivity contribution in [3.05, 3.63) is 75.2 Å². The van der Waals surface area contributed by atoms with Gasteiger partial charge in [-0.3, -0.25) is 9.47 Å². The van der Waals surface area contributed by atoms with Crippen molar-refractivity contribution < 1.29 is 9.47 Å². The van der Waals surface area contributed by atoms with Gasteiger partial charge in [0.1, 0.15) is 11.3 Å². The van der Waals surface area contributed by atoms with E-state index in [9.17, 15) is 4.79 Å². The van der Waals surface area contributed by atoms with Crippen LogP contribution in [0.2, 0.25) is 0 Å². The number of H-pyrrole nitrogens is 1. The summed E-state index contributed by atoms with van der Waals surface area (Å²) in [6, 6.07) is 15.0. The van der Waals surface area contributed by atoms with Crippen LogP contribution in [0.3, 0.4) is 0 Å². The van der Waals surface area contributed by atoms with E-state index in [4.69, 9.17) is 15.2 Å². The van der Waals surface area contributed by atoms with Crippen LogP contribution in [0.4, 0.5) is 5.82 Å². The molecule has 10 heteroatoms. The van der Waals surface area contributed by atoms with Crippen LogP contribution < -0.4 is 26.2 Å². The van der Waals surface area contributed by atoms with E-state index in [1.54, 1.807) is 7.11 Å². The summed E-state index contributed by atoms with van der Waals surface area (Å²) in [5.41, 5.74) is 11.0. The Hall–Kier alpha value is -3.89. The minimum atomic E-state index is -0.327. The quantitative estimate of drug-likeness (QED) is 0.204. The lowest BCUT2D eigenvalue weighted by Crippen LogP contribution is -2.24. The third-order valence-electron chi connectivity index (χ3n) is 6.75. The van der Waals surface area contributed by atoms with Crippen molar-refractivity contribution in [2.45, 2.75) is 59.8 Å². The second kappa shape index (κ2) is 14.0. The summed E-state index contributed by atoms with van der Waals surface area (Å²) in [4.78, 5) is 26.5. The van der Waals surface area contributed by atoms with Crippen LogP contribution >= 0.6 is 0 Å². The van der Waals surface area contributed by atoms with Gasteiger partial charge in [0.2, 0.25) is 0 Å². The molecule has 0 saturated heterocycles. The molecule has 0 atom stereocenters. The second-order valence-corrected chi connectivity index (χ2v) is 9.88. The number of aromatic amines is 1. The smallest absolute Gasteiger partial charge is 0.328 e. The van der Waals surface area contributed by atoms with E-state index in [2.05, 4.69) is 63.3 Å². The van der Waals surface area contributed by atoms with Crippen molar-refractivity contribution in [1.29, 1.82) is 0 Å². The third-order valence-corrected chi connectivity index (χ3v) is 6.75. The van der Waals surface area contributed by atoms with Gasteiger partial charge in [-0.15, -0.1) is 0 Å². The van der Waals surface area contributed by atoms with E-state index < -0.39 is 0 Å². The molecule has 40 heavy (non-hydrogen) atoms. The van der Waals surface area contributed by atoms with Gasteiger partial charge in [0.05, 0.1) is 20.3 Å². The van der Waals surface area contributed by atoms with Crippen LogP contribution in [-0.4, -0.2) is 51.2 Å². The van der Waals surface area contributed by atoms with Crippen LogP contribution in [0.1, 0.15) is 55.9 Å². The second-order valence-electron chi connectivity index (χ2n) is 9.88. The Kier molecular flexibility index (Phi) is 10.2. The van der Waals surface area contributed by atoms with E-state index in [0.29, 0.717) is 30.1 Å². The highest BCUT2D eigenvalue weighted by Crippen LogP contribution is 2.24. The highest BCUT2D eigenvalue weighted by molar-refractivity contribution is 5.82. The van der Waals surface area contributed by atoms with Gasteiger partial charge in [-0.1, -0.05) is 50.2 Å². The summed E-state index contributed by atoms with van der Waals surface area (Å²) in [5, 5.41) is 3.52. The van der Waals surface area contributed by atoms with Crippen molar-refractivity contribution in [2.75, 3.05) is 32.5 Å². The lowest BCUT2D eigenvalue weighted by Gasteiger charge is -2.21. The first kappa shape index (κ1) is 29.1. The van der Waals surface area contributed by atoms with E-state index in [1.807, 2.05) is 25.1 Å². The monoisotopic (exact) mass is 547 g/mol. The van der Waals surface area contributed by atoms with Crippen LogP contribution in [0.15, 0.2) is 47.3 Å². The van der Waals surface area contributed by atoms with Gasteiger partial charge in [0.15, 0.2) is 11.5 Å². The highest BCUT2D eigenvalue weighted by Gasteiger charge is 2.16. The number of anilines is 1. The lowest BCUT2D eigenvalue weighted by atomic mass is 10.1. The molecule has 2 heterocycles. The SMILES string of the molecule is CCCN(CCC)Cc1ccc(CNCc2ccc(Cn3c(=O)[nH]c4c(N)nc(OCC)nc43)c(OC)c2)cc1. The molecule has 0 aliphatic carbocycles. The molecule has 0 bridgehead atoms. The number of nitrogen functional groups attached to an aromatic ring is 1. The molecule has 4 N–H and O–H groups in total. The van der Waals surface area contributed by atoms with Gasteiger partial charge in [-0.25, -0.2) is 4.79 Å². The number of nitrogens with zero attached hydrogens (tertiary/aromatic N) is 4. The predicted octanol–water partition coefficient (Wildman–Crippen LogP) is 4.07. The summed E-state index contributed by atoms with van der Waals surface area (Å²) in [7, 11) is 1.63. The summed E-state index contributed by atoms with van der Waals surface area (Å²) in [6.45, 7) is 11.7. The van der Waals surface area contributed by atoms with E-state index >= 15 is 0 Å². The minimum absolute atomic E-state index is 0.137. The summed E-state index contributed by atoms with van der Waals surface area (Å²) in [5.74, 6) is 0.864. The zero-order valence-electron chi connectivity index (χ0n) is 24.0. The van der Waals surface area contributed by atoms with Crippen LogP contribution in [0, 0.1) is 0 Å². The zero-order valence-corrected chi connectivity index (χ0v) is 24.0. The predicted molar refractivity (Wildman–Crippen MR) is 159 cm³/mol. The molecule has 0 spiro atoms. The zero-order chi connectivity index (χ0) is 28.5. The number of nitrogens with two attached hydrogens (primary N) is 1. The highest BCUT2D eigenvalue weighted by atomic mass is 16.5. The fourth-order valence-electron chi connectivity index (χ4n) is 4.85. The van der Waals surface area contributed by atoms with Crippen molar-refractivity contribution in [2.24, 2.45) is 0 Å². The largest absolute Gasteiger partial charge is 0.496 e. The third kappa shape index (κ3) is 7.19. The maximum atomic E-state index is 12.7. The Morgan fingerprint density at radius 2 is 1.65 bits per heavy atom. The molecule has 0 saturated carbocycles. The topological polar surface area (TPSA) is 123 Å². The molecular weight excluding hydrogens is 506 g/mol. The number of aromatic nitrogens is 4. The molecule has 4 aromatic rings. The minimum Gasteiger partial charge on any atom is -0.496 e. The van der Waals surface area contributed by atoms with Gasteiger partial charge < -0.3 is 25.5 Å². The Balaban J connectivity index is 1.40. The number of ether oxygens (including phenoxy) is 2. The summed E-state index contributed by atoms with van der Waals surface area (Å²) < 4.78 is 12.6. The van der Waals surface area contributed by atoms with Gasteiger partial charge in [0, 0.05) is 25.2 Å². The number of fused-ring (bicyclic) bond motifs is 1. The average molecular weight is 548 g/mol. The van der Waals surface area contributed by atoms with E-state index in [-0.39, 0.29) is 24.1 Å². The maximum Gasteiger partial charge on any atom is 0.328 e. The van der Waals surface area contributed by atoms with Gasteiger partial charge in [0.25, 0.3) is 0 Å². The number of nitrogens with one attached hydrogen (secondary N) is 2. The Bertz CT molecular complexity index is 1440. The number of methoxy groups -OCH3 is 1. The summed E-state index contributed by atoms with van der Waals surface area (Å²) >= 11 is 0. The van der Waals surface area contributed by atoms with Crippen LogP contribution in [0.5, 0.6) is 11.8 Å². The van der Waals surface area contributed by atoms with E-state index in [0.717, 1.165) is 37.3 Å². The van der Waals surface area contributed by atoms with Crippen LogP contribution in [0.25, 0.3) is 11.2 Å². The molecule has 2 aromatic carbocycles. The van der Waals surface area contributed by atoms with Gasteiger partial charge in [-0.05, 0) is 55.6 Å².